The molecule has 1 N–H and O–H groups in total. The Hall–Kier alpha value is -5.07. The molecule has 0 saturated carbocycles. The van der Waals surface area contributed by atoms with E-state index in [1.165, 1.54) is 16.5 Å². The van der Waals surface area contributed by atoms with Gasteiger partial charge in [-0.15, -0.1) is 0 Å². The lowest BCUT2D eigenvalue weighted by Crippen LogP contribution is -2.53. The fourth-order valence-electron chi connectivity index (χ4n) is 6.51. The van der Waals surface area contributed by atoms with Crippen LogP contribution in [0.4, 0.5) is 15.8 Å². The molecular weight excluding hydrogens is 557 g/mol. The van der Waals surface area contributed by atoms with Gasteiger partial charge in [-0.1, -0.05) is 42.5 Å². The van der Waals surface area contributed by atoms with Crippen molar-refractivity contribution in [2.24, 2.45) is 0 Å². The van der Waals surface area contributed by atoms with Crippen molar-refractivity contribution >= 4 is 39.9 Å². The molecule has 3 amide bonds. The summed E-state index contributed by atoms with van der Waals surface area (Å²) < 4.78 is 23.4. The highest BCUT2D eigenvalue weighted by atomic mass is 19.1. The van der Waals surface area contributed by atoms with E-state index >= 15 is 0 Å². The maximum Gasteiger partial charge on any atom is 0.259 e. The number of benzene rings is 4. The molecule has 8 nitrogen and oxygen atoms in total. The number of nitrogens with zero attached hydrogens (tertiary/aromatic N) is 4. The lowest BCUT2D eigenvalue weighted by molar-refractivity contribution is -0.134. The third-order valence-electron chi connectivity index (χ3n) is 8.77. The van der Waals surface area contributed by atoms with Gasteiger partial charge in [-0.05, 0) is 65.3 Å². The van der Waals surface area contributed by atoms with Crippen LogP contribution >= 0.6 is 0 Å². The minimum absolute atomic E-state index is 0.00136. The number of hydrogen-bond donors (Lipinski definition) is 1. The highest BCUT2D eigenvalue weighted by Gasteiger charge is 2.40. The first-order chi connectivity index (χ1) is 21.7. The molecule has 0 aliphatic carbocycles. The number of hydrogen-bond acceptors (Lipinski definition) is 6. The SMILES string of the molecule is [2H][C@@]1(N2C(=O)c3cccc4c(Cc5ccc(CN6CCN(c7ccc(C#N)cc7F)CC6)cc5)ccc2c34)CCC(=O)NC1=O. The Morgan fingerprint density at radius 2 is 1.68 bits per heavy atom. The summed E-state index contributed by atoms with van der Waals surface area (Å²) in [5, 5.41) is 12.9. The number of nitrogens with one attached hydrogen (secondary N) is 1. The van der Waals surface area contributed by atoms with Gasteiger partial charge in [0.2, 0.25) is 11.8 Å². The lowest BCUT2D eigenvalue weighted by Gasteiger charge is -2.36. The second-order valence-electron chi connectivity index (χ2n) is 11.5. The van der Waals surface area contributed by atoms with Crippen molar-refractivity contribution < 1.29 is 20.1 Å². The molecule has 0 aromatic heterocycles. The van der Waals surface area contributed by atoms with Gasteiger partial charge < -0.3 is 4.90 Å². The number of imide groups is 1. The van der Waals surface area contributed by atoms with Gasteiger partial charge in [0, 0.05) is 50.1 Å². The number of halogens is 1. The molecule has 4 aromatic carbocycles. The molecule has 0 bridgehead atoms. The predicted molar refractivity (Wildman–Crippen MR) is 165 cm³/mol. The minimum atomic E-state index is -1.89. The first-order valence-electron chi connectivity index (χ1n) is 15.2. The van der Waals surface area contributed by atoms with Crippen molar-refractivity contribution in [3.8, 4) is 6.07 Å². The van der Waals surface area contributed by atoms with Gasteiger partial charge in [0.1, 0.15) is 11.8 Å². The number of amides is 3. The van der Waals surface area contributed by atoms with Gasteiger partial charge in [0.25, 0.3) is 5.91 Å². The molecule has 7 rings (SSSR count). The molecule has 44 heavy (non-hydrogen) atoms. The van der Waals surface area contributed by atoms with E-state index < -0.39 is 23.7 Å². The van der Waals surface area contributed by atoms with E-state index in [9.17, 15) is 18.8 Å². The number of piperazine rings is 1. The quantitative estimate of drug-likeness (QED) is 0.333. The van der Waals surface area contributed by atoms with Crippen molar-refractivity contribution in [2.45, 2.75) is 31.8 Å². The van der Waals surface area contributed by atoms with Crippen LogP contribution in [0.3, 0.4) is 0 Å². The molecule has 4 aromatic rings. The van der Waals surface area contributed by atoms with E-state index in [0.717, 1.165) is 41.5 Å². The van der Waals surface area contributed by atoms with E-state index in [0.29, 0.717) is 42.0 Å². The number of carbonyl (C=O) groups is 3. The Morgan fingerprint density at radius 1 is 0.932 bits per heavy atom. The summed E-state index contributed by atoms with van der Waals surface area (Å²) in [6.07, 6.45) is 0.588. The number of carbonyl (C=O) groups excluding carboxylic acids is 3. The number of rotatable bonds is 6. The van der Waals surface area contributed by atoms with Crippen LogP contribution in [-0.2, 0) is 22.6 Å². The van der Waals surface area contributed by atoms with Crippen LogP contribution in [0, 0.1) is 17.1 Å². The molecule has 3 aliphatic rings. The van der Waals surface area contributed by atoms with Gasteiger partial charge in [-0.3, -0.25) is 29.5 Å². The summed E-state index contributed by atoms with van der Waals surface area (Å²) in [4.78, 5) is 43.6. The molecule has 9 heteroatoms. The largest absolute Gasteiger partial charge is 0.367 e. The Balaban J connectivity index is 1.04. The van der Waals surface area contributed by atoms with Gasteiger partial charge in [-0.2, -0.15) is 5.26 Å². The molecule has 0 unspecified atom stereocenters. The smallest absolute Gasteiger partial charge is 0.259 e. The maximum absolute atomic E-state index is 14.5. The van der Waals surface area contributed by atoms with E-state index in [4.69, 9.17) is 6.63 Å². The number of anilines is 2. The van der Waals surface area contributed by atoms with Gasteiger partial charge in [0.15, 0.2) is 0 Å². The van der Waals surface area contributed by atoms with Crippen LogP contribution in [0.1, 0.15) is 46.8 Å². The molecular formula is C35H30FN5O3. The van der Waals surface area contributed by atoms with Crippen LogP contribution < -0.4 is 15.1 Å². The zero-order valence-corrected chi connectivity index (χ0v) is 24.0. The van der Waals surface area contributed by atoms with Crippen LogP contribution in [0.25, 0.3) is 10.8 Å². The normalized spacial score (nSPS) is 20.5. The van der Waals surface area contributed by atoms with E-state index in [1.54, 1.807) is 18.2 Å². The summed E-state index contributed by atoms with van der Waals surface area (Å²) in [6.45, 7) is 3.80. The van der Waals surface area contributed by atoms with Gasteiger partial charge in [-0.25, -0.2) is 4.39 Å². The predicted octanol–water partition coefficient (Wildman–Crippen LogP) is 4.53. The van der Waals surface area contributed by atoms with Crippen LogP contribution in [0.15, 0.2) is 72.8 Å². The number of piperidine rings is 1. The lowest BCUT2D eigenvalue weighted by atomic mass is 9.95. The van der Waals surface area contributed by atoms with Gasteiger partial charge in [0.05, 0.1) is 24.4 Å². The second-order valence-corrected chi connectivity index (χ2v) is 11.5. The average molecular weight is 589 g/mol. The monoisotopic (exact) mass is 588 g/mol. The van der Waals surface area contributed by atoms with Gasteiger partial charge >= 0.3 is 0 Å². The standard InChI is InChI=1S/C35H30FN5O3/c36-28-19-24(20-37)8-10-29(28)40-16-14-39(15-17-40)21-23-6-4-22(5-7-23)18-25-9-11-30-33-26(25)2-1-3-27(33)35(44)41(30)31-12-13-32(42)38-34(31)43/h1-11,19,31H,12-18,21H2,(H,38,42,43)/t31-/m1/s1/i31D. The summed E-state index contributed by atoms with van der Waals surface area (Å²) in [5.41, 5.74) is 5.16. The maximum atomic E-state index is 14.5. The highest BCUT2D eigenvalue weighted by molar-refractivity contribution is 6.27. The summed E-state index contributed by atoms with van der Waals surface area (Å²) in [7, 11) is 0. The zero-order chi connectivity index (χ0) is 31.3. The van der Waals surface area contributed by atoms with Crippen LogP contribution in [-0.4, -0.2) is 54.8 Å². The molecule has 2 fully saturated rings. The third-order valence-corrected chi connectivity index (χ3v) is 8.77. The Labute approximate surface area is 255 Å². The van der Waals surface area contributed by atoms with Crippen molar-refractivity contribution in [1.82, 2.24) is 10.2 Å². The molecule has 0 spiro atoms. The van der Waals surface area contributed by atoms with E-state index in [-0.39, 0.29) is 18.7 Å². The van der Waals surface area contributed by atoms with Crippen molar-refractivity contribution in [1.29, 1.82) is 5.26 Å². The Morgan fingerprint density at radius 3 is 2.41 bits per heavy atom. The van der Waals surface area contributed by atoms with Crippen LogP contribution in [0.2, 0.25) is 0 Å². The van der Waals surface area contributed by atoms with Crippen molar-refractivity contribution in [3.05, 3.63) is 106 Å². The second kappa shape index (κ2) is 11.2. The molecule has 220 valence electrons. The third kappa shape index (κ3) is 4.97. The summed E-state index contributed by atoms with van der Waals surface area (Å²) >= 11 is 0. The van der Waals surface area contributed by atoms with Crippen molar-refractivity contribution in [3.63, 3.8) is 0 Å². The summed E-state index contributed by atoms with van der Waals surface area (Å²) in [5.74, 6) is -1.98. The Bertz CT molecular complexity index is 1920. The fourth-order valence-corrected chi connectivity index (χ4v) is 6.51. The van der Waals surface area contributed by atoms with Crippen LogP contribution in [0.5, 0.6) is 0 Å². The topological polar surface area (TPSA) is 96.8 Å². The fraction of sp³-hybridized carbons (Fsp3) is 0.257. The average Bonchev–Trinajstić information content (AvgIpc) is 3.34. The highest BCUT2D eigenvalue weighted by Crippen LogP contribution is 2.41. The molecule has 2 saturated heterocycles. The molecule has 1 atom stereocenters. The molecule has 0 radical (unpaired) electrons. The van der Waals surface area contributed by atoms with E-state index in [1.807, 2.05) is 35.2 Å². The Kier molecular flexibility index (Phi) is 6.76. The molecule has 3 aliphatic heterocycles. The van der Waals surface area contributed by atoms with Crippen molar-refractivity contribution in [2.75, 3.05) is 36.0 Å². The molecule has 3 heterocycles. The number of nitriles is 1. The minimum Gasteiger partial charge on any atom is -0.367 e. The zero-order valence-electron chi connectivity index (χ0n) is 25.0. The first-order valence-corrected chi connectivity index (χ1v) is 14.7. The van der Waals surface area contributed by atoms with E-state index in [2.05, 4.69) is 34.5 Å². The first kappa shape index (κ1) is 26.5. The summed E-state index contributed by atoms with van der Waals surface area (Å²) in [6, 6.07) is 22.5.